The van der Waals surface area contributed by atoms with Gasteiger partial charge >= 0.3 is 0 Å². The highest BCUT2D eigenvalue weighted by molar-refractivity contribution is 7.89. The molecule has 0 radical (unpaired) electrons. The van der Waals surface area contributed by atoms with E-state index >= 15 is 0 Å². The van der Waals surface area contributed by atoms with Crippen molar-refractivity contribution in [2.75, 3.05) is 13.1 Å². The summed E-state index contributed by atoms with van der Waals surface area (Å²) in [4.78, 5) is 0.340. The van der Waals surface area contributed by atoms with Gasteiger partial charge in [-0.25, -0.2) is 8.42 Å². The minimum Gasteiger partial charge on any atom is -0.411 e. The highest BCUT2D eigenvalue weighted by Gasteiger charge is 2.27. The Bertz CT molecular complexity index is 584. The van der Waals surface area contributed by atoms with Crippen LogP contribution in [0.1, 0.15) is 38.2 Å². The van der Waals surface area contributed by atoms with E-state index < -0.39 is 10.0 Å². The molecule has 1 heterocycles. The van der Waals surface area contributed by atoms with Crippen molar-refractivity contribution in [2.24, 2.45) is 5.16 Å². The molecule has 1 aliphatic rings. The normalized spacial score (nSPS) is 16.9. The van der Waals surface area contributed by atoms with Crippen molar-refractivity contribution < 1.29 is 13.6 Å². The van der Waals surface area contributed by atoms with E-state index in [1.54, 1.807) is 12.1 Å². The van der Waals surface area contributed by atoms with Gasteiger partial charge in [-0.05, 0) is 30.5 Å². The number of hydrogen-bond donors (Lipinski definition) is 1. The number of unbranched alkanes of at least 4 members (excludes halogenated alkanes) is 1. The topological polar surface area (TPSA) is 70.0 Å². The Balaban J connectivity index is 2.09. The first-order valence-corrected chi connectivity index (χ1v) is 8.81. The highest BCUT2D eigenvalue weighted by Crippen LogP contribution is 2.20. The van der Waals surface area contributed by atoms with Gasteiger partial charge in [0.1, 0.15) is 0 Å². The summed E-state index contributed by atoms with van der Waals surface area (Å²) in [7, 11) is -3.43. The standard InChI is InChI=1S/C15H22N2O3S/c1-2-3-4-13-5-7-15(8-6-13)21(19,20)17-11-9-14(16-18)10-12-17/h5-8,18H,2-4,9-12H2,1H3. The number of hydrogen-bond acceptors (Lipinski definition) is 4. The Morgan fingerprint density at radius 2 is 1.81 bits per heavy atom. The number of rotatable bonds is 5. The van der Waals surface area contributed by atoms with Crippen molar-refractivity contribution in [1.29, 1.82) is 0 Å². The molecule has 1 aromatic rings. The van der Waals surface area contributed by atoms with Crippen molar-refractivity contribution in [3.8, 4) is 0 Å². The molecule has 1 aromatic carbocycles. The number of aryl methyl sites for hydroxylation is 1. The summed E-state index contributed by atoms with van der Waals surface area (Å²) in [5, 5.41) is 11.9. The summed E-state index contributed by atoms with van der Waals surface area (Å²) >= 11 is 0. The van der Waals surface area contributed by atoms with Gasteiger partial charge in [0.25, 0.3) is 0 Å². The summed E-state index contributed by atoms with van der Waals surface area (Å²) in [6.45, 7) is 2.89. The fourth-order valence-corrected chi connectivity index (χ4v) is 3.88. The summed E-state index contributed by atoms with van der Waals surface area (Å²) in [6, 6.07) is 7.17. The maximum Gasteiger partial charge on any atom is 0.243 e. The van der Waals surface area contributed by atoms with Crippen LogP contribution < -0.4 is 0 Å². The Morgan fingerprint density at radius 3 is 2.33 bits per heavy atom. The minimum atomic E-state index is -3.43. The fraction of sp³-hybridized carbons (Fsp3) is 0.533. The molecule has 5 nitrogen and oxygen atoms in total. The van der Waals surface area contributed by atoms with Crippen molar-refractivity contribution in [3.63, 3.8) is 0 Å². The third-order valence-electron chi connectivity index (χ3n) is 3.82. The highest BCUT2D eigenvalue weighted by atomic mass is 32.2. The van der Waals surface area contributed by atoms with Gasteiger partial charge in [0.05, 0.1) is 10.6 Å². The van der Waals surface area contributed by atoms with Crippen LogP contribution in [0.2, 0.25) is 0 Å². The van der Waals surface area contributed by atoms with Gasteiger partial charge in [-0.3, -0.25) is 0 Å². The molecule has 1 aliphatic heterocycles. The largest absolute Gasteiger partial charge is 0.411 e. The van der Waals surface area contributed by atoms with Crippen LogP contribution in [0.5, 0.6) is 0 Å². The lowest BCUT2D eigenvalue weighted by Crippen LogP contribution is -2.38. The molecule has 2 rings (SSSR count). The SMILES string of the molecule is CCCCc1ccc(S(=O)(=O)N2CCC(=NO)CC2)cc1. The lowest BCUT2D eigenvalue weighted by Gasteiger charge is -2.26. The van der Waals surface area contributed by atoms with E-state index in [9.17, 15) is 8.42 Å². The molecule has 1 saturated heterocycles. The Hall–Kier alpha value is -1.40. The Labute approximate surface area is 126 Å². The lowest BCUT2D eigenvalue weighted by atomic mass is 10.1. The fourth-order valence-electron chi connectivity index (χ4n) is 2.44. The molecule has 116 valence electrons. The van der Waals surface area contributed by atoms with E-state index in [2.05, 4.69) is 12.1 Å². The second-order valence-electron chi connectivity index (χ2n) is 5.32. The number of nitrogens with zero attached hydrogens (tertiary/aromatic N) is 2. The Morgan fingerprint density at radius 1 is 1.19 bits per heavy atom. The van der Waals surface area contributed by atoms with E-state index in [0.29, 0.717) is 36.5 Å². The van der Waals surface area contributed by atoms with Crippen molar-refractivity contribution >= 4 is 15.7 Å². The van der Waals surface area contributed by atoms with E-state index in [1.807, 2.05) is 12.1 Å². The van der Waals surface area contributed by atoms with Crippen LogP contribution in [-0.2, 0) is 16.4 Å². The zero-order chi connectivity index (χ0) is 15.3. The second-order valence-corrected chi connectivity index (χ2v) is 7.26. The molecule has 1 fully saturated rings. The number of piperidine rings is 1. The average Bonchev–Trinajstić information content (AvgIpc) is 2.53. The maximum atomic E-state index is 12.5. The number of oxime groups is 1. The molecular weight excluding hydrogens is 288 g/mol. The van der Waals surface area contributed by atoms with Crippen LogP contribution in [0.15, 0.2) is 34.3 Å². The predicted octanol–water partition coefficient (Wildman–Crippen LogP) is 2.64. The van der Waals surface area contributed by atoms with E-state index in [-0.39, 0.29) is 0 Å². The van der Waals surface area contributed by atoms with Gasteiger partial charge in [-0.15, -0.1) is 0 Å². The van der Waals surface area contributed by atoms with Gasteiger partial charge < -0.3 is 5.21 Å². The Kier molecular flexibility index (Phi) is 5.36. The zero-order valence-corrected chi connectivity index (χ0v) is 13.1. The summed E-state index contributed by atoms with van der Waals surface area (Å²) in [5.41, 5.74) is 1.83. The third-order valence-corrected chi connectivity index (χ3v) is 5.73. The second kappa shape index (κ2) is 7.04. The summed E-state index contributed by atoms with van der Waals surface area (Å²) in [6.07, 6.45) is 4.20. The summed E-state index contributed by atoms with van der Waals surface area (Å²) in [5.74, 6) is 0. The van der Waals surface area contributed by atoms with E-state index in [0.717, 1.165) is 19.3 Å². The molecule has 0 saturated carbocycles. The predicted molar refractivity (Wildman–Crippen MR) is 82.3 cm³/mol. The van der Waals surface area contributed by atoms with Crippen molar-refractivity contribution in [3.05, 3.63) is 29.8 Å². The monoisotopic (exact) mass is 310 g/mol. The molecule has 0 bridgehead atoms. The van der Waals surface area contributed by atoms with Gasteiger partial charge in [0.2, 0.25) is 10.0 Å². The van der Waals surface area contributed by atoms with Crippen LogP contribution >= 0.6 is 0 Å². The third kappa shape index (κ3) is 3.83. The van der Waals surface area contributed by atoms with Gasteiger partial charge in [0.15, 0.2) is 0 Å². The van der Waals surface area contributed by atoms with Gasteiger partial charge in [-0.2, -0.15) is 4.31 Å². The van der Waals surface area contributed by atoms with E-state index in [4.69, 9.17) is 5.21 Å². The van der Waals surface area contributed by atoms with Crippen LogP contribution in [0, 0.1) is 0 Å². The molecule has 0 aliphatic carbocycles. The smallest absolute Gasteiger partial charge is 0.243 e. The van der Waals surface area contributed by atoms with Gasteiger partial charge in [-0.1, -0.05) is 30.6 Å². The quantitative estimate of drug-likeness (QED) is 0.671. The molecule has 6 heteroatoms. The molecule has 0 amide bonds. The molecule has 0 atom stereocenters. The average molecular weight is 310 g/mol. The molecule has 21 heavy (non-hydrogen) atoms. The van der Waals surface area contributed by atoms with Crippen LogP contribution in [-0.4, -0.2) is 36.7 Å². The maximum absolute atomic E-state index is 12.5. The van der Waals surface area contributed by atoms with Crippen molar-refractivity contribution in [1.82, 2.24) is 4.31 Å². The van der Waals surface area contributed by atoms with Gasteiger partial charge in [0, 0.05) is 25.9 Å². The molecule has 0 spiro atoms. The first-order chi connectivity index (χ1) is 10.1. The van der Waals surface area contributed by atoms with Crippen LogP contribution in [0.3, 0.4) is 0 Å². The summed E-state index contributed by atoms with van der Waals surface area (Å²) < 4.78 is 26.5. The first kappa shape index (κ1) is 16.0. The minimum absolute atomic E-state index is 0.340. The lowest BCUT2D eigenvalue weighted by molar-refractivity contribution is 0.310. The molecular formula is C15H22N2O3S. The number of benzene rings is 1. The van der Waals surface area contributed by atoms with Crippen molar-refractivity contribution in [2.45, 2.75) is 43.9 Å². The number of sulfonamides is 1. The molecule has 1 N–H and O–H groups in total. The van der Waals surface area contributed by atoms with E-state index in [1.165, 1.54) is 9.87 Å². The zero-order valence-electron chi connectivity index (χ0n) is 12.3. The molecule has 0 aromatic heterocycles. The first-order valence-electron chi connectivity index (χ1n) is 7.37. The molecule has 0 unspecified atom stereocenters. The van der Waals surface area contributed by atoms with Crippen LogP contribution in [0.4, 0.5) is 0 Å². The van der Waals surface area contributed by atoms with Crippen LogP contribution in [0.25, 0.3) is 0 Å².